The summed E-state index contributed by atoms with van der Waals surface area (Å²) >= 11 is 0. The van der Waals surface area contributed by atoms with Gasteiger partial charge in [0.1, 0.15) is 11.4 Å². The molecule has 1 aliphatic carbocycles. The van der Waals surface area contributed by atoms with Crippen LogP contribution >= 0.6 is 0 Å². The zero-order valence-corrected chi connectivity index (χ0v) is 12.3. The van der Waals surface area contributed by atoms with Crippen LogP contribution in [0.5, 0.6) is 0 Å². The molecule has 0 saturated heterocycles. The molecule has 0 radical (unpaired) electrons. The summed E-state index contributed by atoms with van der Waals surface area (Å²) in [6.07, 6.45) is 2.35. The number of rotatable bonds is 5. The number of carbonyl (C=O) groups excluding carboxylic acids is 2. The Bertz CT molecular complexity index is 556. The summed E-state index contributed by atoms with van der Waals surface area (Å²) in [5, 5.41) is 12.7. The Morgan fingerprint density at radius 2 is 2.00 bits per heavy atom. The van der Waals surface area contributed by atoms with Gasteiger partial charge in [-0.1, -0.05) is 31.4 Å². The molecule has 22 heavy (non-hydrogen) atoms. The monoisotopic (exact) mass is 308 g/mol. The zero-order chi connectivity index (χ0) is 16.2. The second-order valence-corrected chi connectivity index (χ2v) is 5.83. The molecule has 5 nitrogen and oxygen atoms in total. The van der Waals surface area contributed by atoms with Gasteiger partial charge in [-0.25, -0.2) is 4.39 Å². The van der Waals surface area contributed by atoms with Crippen molar-refractivity contribution in [3.63, 3.8) is 0 Å². The molecule has 1 aromatic rings. The average molecular weight is 308 g/mol. The van der Waals surface area contributed by atoms with Gasteiger partial charge >= 0.3 is 0 Å². The minimum Gasteiger partial charge on any atom is -0.388 e. The normalized spacial score (nSPS) is 18.5. The van der Waals surface area contributed by atoms with E-state index in [0.717, 1.165) is 19.3 Å². The number of aliphatic hydroxyl groups excluding tert-OH is 1. The van der Waals surface area contributed by atoms with Crippen molar-refractivity contribution < 1.29 is 19.1 Å². The highest BCUT2D eigenvalue weighted by Gasteiger charge is 2.39. The van der Waals surface area contributed by atoms with Crippen molar-refractivity contribution in [1.82, 2.24) is 5.32 Å². The molecule has 4 N–H and O–H groups in total. The molecule has 1 atom stereocenters. The summed E-state index contributed by atoms with van der Waals surface area (Å²) in [5.41, 5.74) is 4.76. The Morgan fingerprint density at radius 1 is 1.32 bits per heavy atom. The van der Waals surface area contributed by atoms with Crippen LogP contribution in [0.1, 0.15) is 50.2 Å². The maximum absolute atomic E-state index is 13.1. The second kappa shape index (κ2) is 6.87. The number of hydrogen-bond acceptors (Lipinski definition) is 3. The largest absolute Gasteiger partial charge is 0.388 e. The van der Waals surface area contributed by atoms with Crippen molar-refractivity contribution in [3.8, 4) is 0 Å². The number of aliphatic hydroxyl groups is 1. The maximum Gasteiger partial charge on any atom is 0.243 e. The molecule has 1 aromatic carbocycles. The molecule has 0 bridgehead atoms. The van der Waals surface area contributed by atoms with Gasteiger partial charge in [-0.15, -0.1) is 0 Å². The third kappa shape index (κ3) is 3.82. The molecule has 1 saturated carbocycles. The lowest BCUT2D eigenvalue weighted by atomic mass is 9.81. The first-order valence-electron chi connectivity index (χ1n) is 7.47. The molecular formula is C16H21FN2O3. The molecule has 0 heterocycles. The number of carbonyl (C=O) groups is 2. The van der Waals surface area contributed by atoms with E-state index in [1.54, 1.807) is 6.07 Å². The van der Waals surface area contributed by atoms with Gasteiger partial charge in [0.05, 0.1) is 12.5 Å². The molecule has 6 heteroatoms. The lowest BCUT2D eigenvalue weighted by Gasteiger charge is -2.35. The summed E-state index contributed by atoms with van der Waals surface area (Å²) in [6, 6.07) is 5.46. The quantitative estimate of drug-likeness (QED) is 0.770. The van der Waals surface area contributed by atoms with E-state index in [9.17, 15) is 19.1 Å². The number of nitrogens with one attached hydrogen (secondary N) is 1. The standard InChI is InChI=1S/C16H21FN2O3/c17-12-6-4-5-11(9-12)13(20)10-14(21)19-16(15(18)22)7-2-1-3-8-16/h4-6,9,13,20H,1-3,7-8,10H2,(H2,18,22)(H,19,21). The van der Waals surface area contributed by atoms with Crippen LogP contribution in [0, 0.1) is 5.82 Å². The van der Waals surface area contributed by atoms with E-state index < -0.39 is 29.3 Å². The van der Waals surface area contributed by atoms with Gasteiger partial charge in [-0.05, 0) is 30.5 Å². The van der Waals surface area contributed by atoms with Crippen molar-refractivity contribution in [2.75, 3.05) is 0 Å². The number of nitrogens with two attached hydrogens (primary N) is 1. The Labute approximate surface area is 128 Å². The van der Waals surface area contributed by atoms with E-state index in [-0.39, 0.29) is 6.42 Å². The summed E-state index contributed by atoms with van der Waals surface area (Å²) in [7, 11) is 0. The van der Waals surface area contributed by atoms with Gasteiger partial charge < -0.3 is 16.2 Å². The summed E-state index contributed by atoms with van der Waals surface area (Å²) in [5.74, 6) is -1.48. The molecule has 0 aliphatic heterocycles. The van der Waals surface area contributed by atoms with E-state index in [4.69, 9.17) is 5.73 Å². The molecule has 1 aliphatic rings. The second-order valence-electron chi connectivity index (χ2n) is 5.83. The van der Waals surface area contributed by atoms with Crippen LogP contribution in [-0.4, -0.2) is 22.5 Å². The lowest BCUT2D eigenvalue weighted by Crippen LogP contribution is -2.58. The van der Waals surface area contributed by atoms with E-state index >= 15 is 0 Å². The topological polar surface area (TPSA) is 92.4 Å². The van der Waals surface area contributed by atoms with Gasteiger partial charge in [0.25, 0.3) is 0 Å². The van der Waals surface area contributed by atoms with Crippen LogP contribution in [0.4, 0.5) is 4.39 Å². The molecule has 2 amide bonds. The summed E-state index contributed by atoms with van der Waals surface area (Å²) < 4.78 is 13.1. The number of primary amides is 1. The lowest BCUT2D eigenvalue weighted by molar-refractivity contribution is -0.134. The highest BCUT2D eigenvalue weighted by Crippen LogP contribution is 2.28. The number of hydrogen-bond donors (Lipinski definition) is 3. The highest BCUT2D eigenvalue weighted by molar-refractivity contribution is 5.90. The number of halogens is 1. The number of benzene rings is 1. The molecule has 0 spiro atoms. The van der Waals surface area contributed by atoms with Crippen molar-refractivity contribution in [1.29, 1.82) is 0 Å². The zero-order valence-electron chi connectivity index (χ0n) is 12.3. The minimum absolute atomic E-state index is 0.238. The van der Waals surface area contributed by atoms with Crippen LogP contribution in [0.3, 0.4) is 0 Å². The Kier molecular flexibility index (Phi) is 5.13. The molecule has 1 unspecified atom stereocenters. The van der Waals surface area contributed by atoms with Crippen molar-refractivity contribution in [2.45, 2.75) is 50.2 Å². The number of amides is 2. The highest BCUT2D eigenvalue weighted by atomic mass is 19.1. The smallest absolute Gasteiger partial charge is 0.243 e. The summed E-state index contributed by atoms with van der Waals surface area (Å²) in [4.78, 5) is 23.8. The molecule has 1 fully saturated rings. The van der Waals surface area contributed by atoms with Crippen molar-refractivity contribution in [3.05, 3.63) is 35.6 Å². The third-order valence-electron chi connectivity index (χ3n) is 4.17. The van der Waals surface area contributed by atoms with Gasteiger partial charge in [-0.3, -0.25) is 9.59 Å². The van der Waals surface area contributed by atoms with Crippen LogP contribution in [-0.2, 0) is 9.59 Å². The van der Waals surface area contributed by atoms with Crippen LogP contribution in [0.15, 0.2) is 24.3 Å². The van der Waals surface area contributed by atoms with E-state index in [1.807, 2.05) is 0 Å². The van der Waals surface area contributed by atoms with Gasteiger partial charge in [-0.2, -0.15) is 0 Å². The first kappa shape index (κ1) is 16.4. The van der Waals surface area contributed by atoms with Crippen LogP contribution in [0.2, 0.25) is 0 Å². The first-order valence-corrected chi connectivity index (χ1v) is 7.47. The van der Waals surface area contributed by atoms with E-state index in [2.05, 4.69) is 5.32 Å². The van der Waals surface area contributed by atoms with Gasteiger partial charge in [0, 0.05) is 0 Å². The molecule has 120 valence electrons. The minimum atomic E-state index is -1.12. The Balaban J connectivity index is 2.00. The average Bonchev–Trinajstić information content (AvgIpc) is 2.47. The predicted molar refractivity (Wildman–Crippen MR) is 79.1 cm³/mol. The maximum atomic E-state index is 13.1. The van der Waals surface area contributed by atoms with Crippen molar-refractivity contribution in [2.24, 2.45) is 5.73 Å². The Morgan fingerprint density at radius 3 is 2.59 bits per heavy atom. The molecular weight excluding hydrogens is 287 g/mol. The Hall–Kier alpha value is -1.95. The fourth-order valence-corrected chi connectivity index (χ4v) is 2.91. The van der Waals surface area contributed by atoms with Crippen LogP contribution in [0.25, 0.3) is 0 Å². The van der Waals surface area contributed by atoms with Crippen LogP contribution < -0.4 is 11.1 Å². The first-order chi connectivity index (χ1) is 10.4. The fourth-order valence-electron chi connectivity index (χ4n) is 2.91. The molecule has 2 rings (SSSR count). The van der Waals surface area contributed by atoms with Crippen molar-refractivity contribution >= 4 is 11.8 Å². The molecule has 0 aromatic heterocycles. The predicted octanol–water partition coefficient (Wildman–Crippen LogP) is 1.55. The van der Waals surface area contributed by atoms with E-state index in [1.165, 1.54) is 18.2 Å². The summed E-state index contributed by atoms with van der Waals surface area (Å²) in [6.45, 7) is 0. The van der Waals surface area contributed by atoms with E-state index in [0.29, 0.717) is 18.4 Å². The van der Waals surface area contributed by atoms with Gasteiger partial charge in [0.2, 0.25) is 11.8 Å². The third-order valence-corrected chi connectivity index (χ3v) is 4.17. The van der Waals surface area contributed by atoms with Gasteiger partial charge in [0.15, 0.2) is 0 Å². The SMILES string of the molecule is NC(=O)C1(NC(=O)CC(O)c2cccc(F)c2)CCCCC1. The fraction of sp³-hybridized carbons (Fsp3) is 0.500.